The number of rotatable bonds is 8. The van der Waals surface area contributed by atoms with E-state index in [1.54, 1.807) is 55.2 Å². The van der Waals surface area contributed by atoms with Crippen LogP contribution in [0.2, 0.25) is 0 Å². The van der Waals surface area contributed by atoms with Gasteiger partial charge in [0.1, 0.15) is 12.4 Å². The van der Waals surface area contributed by atoms with Gasteiger partial charge in [0.15, 0.2) is 0 Å². The van der Waals surface area contributed by atoms with Crippen LogP contribution in [0.15, 0.2) is 67.0 Å². The molecule has 0 radical (unpaired) electrons. The minimum absolute atomic E-state index is 0.133. The Bertz CT molecular complexity index is 1480. The molecular weight excluding hydrogens is 511 g/mol. The zero-order valence-electron chi connectivity index (χ0n) is 21.5. The molecule has 0 fully saturated rings. The Morgan fingerprint density at radius 2 is 1.62 bits per heavy atom. The van der Waals surface area contributed by atoms with Gasteiger partial charge in [-0.3, -0.25) is 19.3 Å². The van der Waals surface area contributed by atoms with Crippen LogP contribution in [0.3, 0.4) is 0 Å². The zero-order chi connectivity index (χ0) is 28.2. The van der Waals surface area contributed by atoms with Crippen LogP contribution < -0.4 is 15.4 Å². The first-order valence-electron chi connectivity index (χ1n) is 12.0. The van der Waals surface area contributed by atoms with Gasteiger partial charge in [0, 0.05) is 25.0 Å². The van der Waals surface area contributed by atoms with Gasteiger partial charge < -0.3 is 15.4 Å². The Labute approximate surface area is 222 Å². The summed E-state index contributed by atoms with van der Waals surface area (Å²) in [4.78, 5) is 28.9. The van der Waals surface area contributed by atoms with E-state index in [2.05, 4.69) is 20.7 Å². The summed E-state index contributed by atoms with van der Waals surface area (Å²) in [7, 11) is 1.55. The van der Waals surface area contributed by atoms with Crippen molar-refractivity contribution in [1.82, 2.24) is 20.1 Å². The third kappa shape index (κ3) is 6.61. The van der Waals surface area contributed by atoms with Crippen LogP contribution >= 0.6 is 0 Å². The van der Waals surface area contributed by atoms with Crippen molar-refractivity contribution in [2.45, 2.75) is 33.2 Å². The number of aryl methyl sites for hydroxylation is 1. The summed E-state index contributed by atoms with van der Waals surface area (Å²) in [5, 5.41) is 10.0. The van der Waals surface area contributed by atoms with Crippen molar-refractivity contribution in [3.05, 3.63) is 106 Å². The van der Waals surface area contributed by atoms with Gasteiger partial charge in [-0.1, -0.05) is 12.1 Å². The van der Waals surface area contributed by atoms with E-state index in [0.29, 0.717) is 34.8 Å². The molecule has 2 aromatic carbocycles. The van der Waals surface area contributed by atoms with Gasteiger partial charge in [-0.2, -0.15) is 18.3 Å². The van der Waals surface area contributed by atoms with Gasteiger partial charge in [-0.25, -0.2) is 0 Å². The normalized spacial score (nSPS) is 11.2. The summed E-state index contributed by atoms with van der Waals surface area (Å²) in [5.74, 6) is -0.244. The molecule has 0 unspecified atom stereocenters. The van der Waals surface area contributed by atoms with Crippen molar-refractivity contribution < 1.29 is 27.5 Å². The van der Waals surface area contributed by atoms with Crippen molar-refractivity contribution >= 4 is 17.5 Å². The maximum Gasteiger partial charge on any atom is 0.416 e. The highest BCUT2D eigenvalue weighted by Crippen LogP contribution is 2.30. The minimum Gasteiger partial charge on any atom is -0.489 e. The maximum absolute atomic E-state index is 12.9. The van der Waals surface area contributed by atoms with Crippen LogP contribution in [0.1, 0.15) is 48.8 Å². The number of aromatic nitrogens is 3. The van der Waals surface area contributed by atoms with Crippen molar-refractivity contribution in [3.8, 4) is 5.75 Å². The number of pyridine rings is 1. The van der Waals surface area contributed by atoms with Crippen LogP contribution in [-0.4, -0.2) is 33.6 Å². The van der Waals surface area contributed by atoms with Crippen LogP contribution in [0, 0.1) is 13.8 Å². The molecule has 39 heavy (non-hydrogen) atoms. The van der Waals surface area contributed by atoms with Crippen molar-refractivity contribution in [1.29, 1.82) is 0 Å². The third-order valence-corrected chi connectivity index (χ3v) is 6.04. The Hall–Kier alpha value is -4.67. The number of hydrogen-bond acceptors (Lipinski definition) is 5. The second-order valence-corrected chi connectivity index (χ2v) is 8.83. The Balaban J connectivity index is 1.38. The standard InChI is InChI=1S/C28H26F3N5O3/c1-17-25(18(2)36(35-17)15-20-12-22(14-33-13-20)26(37)32-3)34-27(38)21-6-4-19(5-7-21)16-39-24-10-8-23(9-11-24)28(29,30)31/h4-14H,15-16H2,1-3H3,(H,32,37)(H,34,38). The lowest BCUT2D eigenvalue weighted by Crippen LogP contribution is -2.18. The molecule has 2 amide bonds. The zero-order valence-corrected chi connectivity index (χ0v) is 21.5. The highest BCUT2D eigenvalue weighted by molar-refractivity contribution is 6.04. The Morgan fingerprint density at radius 3 is 2.26 bits per heavy atom. The van der Waals surface area contributed by atoms with E-state index in [1.807, 2.05) is 6.92 Å². The molecule has 4 aromatic rings. The Morgan fingerprint density at radius 1 is 0.923 bits per heavy atom. The van der Waals surface area contributed by atoms with E-state index in [0.717, 1.165) is 29.0 Å². The molecule has 0 atom stereocenters. The number of halogens is 3. The molecule has 0 aliphatic heterocycles. The van der Waals surface area contributed by atoms with Crippen LogP contribution in [0.5, 0.6) is 5.75 Å². The SMILES string of the molecule is CNC(=O)c1cncc(Cn2nc(C)c(NC(=O)c3ccc(COc4ccc(C(F)(F)F)cc4)cc3)c2C)c1. The first-order valence-corrected chi connectivity index (χ1v) is 12.0. The summed E-state index contributed by atoms with van der Waals surface area (Å²) in [6.45, 7) is 4.13. The molecule has 2 aromatic heterocycles. The molecule has 2 N–H and O–H groups in total. The quantitative estimate of drug-likeness (QED) is 0.324. The van der Waals surface area contributed by atoms with E-state index >= 15 is 0 Å². The molecule has 2 heterocycles. The number of amides is 2. The lowest BCUT2D eigenvalue weighted by atomic mass is 10.1. The molecule has 11 heteroatoms. The number of alkyl halides is 3. The molecule has 0 spiro atoms. The van der Waals surface area contributed by atoms with Gasteiger partial charge in [0.05, 0.1) is 34.7 Å². The fraction of sp³-hybridized carbons (Fsp3) is 0.214. The second kappa shape index (κ2) is 11.4. The average Bonchev–Trinajstić information content (AvgIpc) is 3.18. The maximum atomic E-state index is 12.9. The van der Waals surface area contributed by atoms with E-state index in [1.165, 1.54) is 18.3 Å². The fourth-order valence-corrected chi connectivity index (χ4v) is 3.89. The number of carbonyl (C=O) groups is 2. The number of anilines is 1. The van der Waals surface area contributed by atoms with Gasteiger partial charge in [0.2, 0.25) is 0 Å². The fourth-order valence-electron chi connectivity index (χ4n) is 3.89. The van der Waals surface area contributed by atoms with E-state index < -0.39 is 11.7 Å². The smallest absolute Gasteiger partial charge is 0.416 e. The highest BCUT2D eigenvalue weighted by Gasteiger charge is 2.30. The summed E-state index contributed by atoms with van der Waals surface area (Å²) >= 11 is 0. The molecule has 0 saturated heterocycles. The summed E-state index contributed by atoms with van der Waals surface area (Å²) in [6, 6.07) is 12.9. The molecule has 8 nitrogen and oxygen atoms in total. The number of ether oxygens (including phenoxy) is 1. The predicted octanol–water partition coefficient (Wildman–Crippen LogP) is 5.15. The first-order chi connectivity index (χ1) is 18.5. The molecule has 0 saturated carbocycles. The third-order valence-electron chi connectivity index (χ3n) is 6.04. The summed E-state index contributed by atoms with van der Waals surface area (Å²) < 4.78 is 45.4. The highest BCUT2D eigenvalue weighted by atomic mass is 19.4. The van der Waals surface area contributed by atoms with Gasteiger partial charge in [-0.05, 0) is 67.4 Å². The lowest BCUT2D eigenvalue weighted by Gasteiger charge is -2.10. The number of nitrogens with zero attached hydrogens (tertiary/aromatic N) is 3. The molecule has 202 valence electrons. The number of carbonyl (C=O) groups excluding carboxylic acids is 2. The number of benzene rings is 2. The van der Waals surface area contributed by atoms with E-state index in [-0.39, 0.29) is 18.4 Å². The average molecular weight is 538 g/mol. The summed E-state index contributed by atoms with van der Waals surface area (Å²) in [6.07, 6.45) is -1.26. The van der Waals surface area contributed by atoms with Gasteiger partial charge in [-0.15, -0.1) is 0 Å². The Kier molecular flexibility index (Phi) is 7.99. The second-order valence-electron chi connectivity index (χ2n) is 8.83. The lowest BCUT2D eigenvalue weighted by molar-refractivity contribution is -0.137. The molecule has 0 bridgehead atoms. The first kappa shape index (κ1) is 27.4. The summed E-state index contributed by atoms with van der Waals surface area (Å²) in [5.41, 5.74) is 3.62. The largest absolute Gasteiger partial charge is 0.489 e. The molecule has 0 aliphatic rings. The number of hydrogen-bond donors (Lipinski definition) is 2. The van der Waals surface area contributed by atoms with E-state index in [4.69, 9.17) is 4.74 Å². The minimum atomic E-state index is -4.40. The monoisotopic (exact) mass is 537 g/mol. The van der Waals surface area contributed by atoms with Gasteiger partial charge >= 0.3 is 6.18 Å². The van der Waals surface area contributed by atoms with Crippen LogP contribution in [-0.2, 0) is 19.3 Å². The van der Waals surface area contributed by atoms with Crippen LogP contribution in [0.25, 0.3) is 0 Å². The molecular formula is C28H26F3N5O3. The van der Waals surface area contributed by atoms with Crippen molar-refractivity contribution in [2.24, 2.45) is 0 Å². The van der Waals surface area contributed by atoms with Crippen molar-refractivity contribution in [2.75, 3.05) is 12.4 Å². The topological polar surface area (TPSA) is 98.1 Å². The molecule has 4 rings (SSSR count). The van der Waals surface area contributed by atoms with E-state index in [9.17, 15) is 22.8 Å². The molecule has 0 aliphatic carbocycles. The van der Waals surface area contributed by atoms with Gasteiger partial charge in [0.25, 0.3) is 11.8 Å². The van der Waals surface area contributed by atoms with Crippen molar-refractivity contribution in [3.63, 3.8) is 0 Å². The van der Waals surface area contributed by atoms with Crippen LogP contribution in [0.4, 0.5) is 18.9 Å². The predicted molar refractivity (Wildman–Crippen MR) is 139 cm³/mol. The number of nitrogens with one attached hydrogen (secondary N) is 2.